The average Bonchev–Trinajstić information content (AvgIpc) is 3.01. The summed E-state index contributed by atoms with van der Waals surface area (Å²) in [6.07, 6.45) is 21.0. The van der Waals surface area contributed by atoms with E-state index < -0.39 is 0 Å². The molecule has 0 radical (unpaired) electrons. The Labute approximate surface area is 249 Å². The molecule has 0 N–H and O–H groups in total. The van der Waals surface area contributed by atoms with Crippen molar-refractivity contribution in [2.45, 2.75) is 109 Å². The van der Waals surface area contributed by atoms with E-state index in [0.717, 1.165) is 35.3 Å². The summed E-state index contributed by atoms with van der Waals surface area (Å²) >= 11 is 0. The van der Waals surface area contributed by atoms with Crippen LogP contribution in [0.5, 0.6) is 0 Å². The molecule has 2 aliphatic carbocycles. The van der Waals surface area contributed by atoms with Crippen LogP contribution in [0.4, 0.5) is 4.39 Å². The summed E-state index contributed by atoms with van der Waals surface area (Å²) in [6, 6.07) is 25.8. The number of rotatable bonds is 11. The fourth-order valence-electron chi connectivity index (χ4n) is 7.66. The maximum Gasteiger partial charge on any atom is 0.130 e. The quantitative estimate of drug-likeness (QED) is 0.208. The monoisotopic (exact) mass is 550 g/mol. The van der Waals surface area contributed by atoms with Gasteiger partial charge in [0.2, 0.25) is 0 Å². The molecule has 0 spiro atoms. The van der Waals surface area contributed by atoms with E-state index >= 15 is 0 Å². The molecule has 0 saturated heterocycles. The van der Waals surface area contributed by atoms with Crippen molar-refractivity contribution in [3.05, 3.63) is 106 Å². The highest BCUT2D eigenvalue weighted by atomic mass is 19.1. The largest absolute Gasteiger partial charge is 0.206 e. The Balaban J connectivity index is 1.07. The van der Waals surface area contributed by atoms with Gasteiger partial charge in [-0.1, -0.05) is 131 Å². The van der Waals surface area contributed by atoms with E-state index in [1.807, 2.05) is 12.1 Å². The van der Waals surface area contributed by atoms with Crippen molar-refractivity contribution in [2.24, 2.45) is 17.8 Å². The van der Waals surface area contributed by atoms with E-state index in [0.29, 0.717) is 17.4 Å². The Morgan fingerprint density at radius 3 is 2.05 bits per heavy atom. The molecule has 0 nitrogen and oxygen atoms in total. The molecular formula is C40H51F. The maximum atomic E-state index is 14.9. The van der Waals surface area contributed by atoms with E-state index in [-0.39, 0.29) is 5.82 Å². The minimum absolute atomic E-state index is 0.0969. The van der Waals surface area contributed by atoms with E-state index in [1.54, 1.807) is 6.07 Å². The average molecular weight is 551 g/mol. The van der Waals surface area contributed by atoms with E-state index in [2.05, 4.69) is 80.6 Å². The van der Waals surface area contributed by atoms with Crippen LogP contribution in [0.25, 0.3) is 12.2 Å². The minimum Gasteiger partial charge on any atom is -0.206 e. The smallest absolute Gasteiger partial charge is 0.130 e. The van der Waals surface area contributed by atoms with Crippen LogP contribution < -0.4 is 0 Å². The molecule has 5 rings (SSSR count). The van der Waals surface area contributed by atoms with Gasteiger partial charge in [-0.15, -0.1) is 0 Å². The van der Waals surface area contributed by atoms with Gasteiger partial charge < -0.3 is 0 Å². The Hall–Kier alpha value is -2.67. The van der Waals surface area contributed by atoms with Crippen LogP contribution in [0.15, 0.2) is 72.8 Å². The third-order valence-electron chi connectivity index (χ3n) is 10.3. The molecule has 1 atom stereocenters. The summed E-state index contributed by atoms with van der Waals surface area (Å²) in [7, 11) is 0. The molecule has 1 heteroatoms. The van der Waals surface area contributed by atoms with Gasteiger partial charge >= 0.3 is 0 Å². The molecule has 0 heterocycles. The summed E-state index contributed by atoms with van der Waals surface area (Å²) in [5.74, 6) is 3.84. The molecule has 0 aliphatic heterocycles. The maximum absolute atomic E-state index is 14.9. The van der Waals surface area contributed by atoms with Crippen LogP contribution in [0.1, 0.15) is 131 Å². The second kappa shape index (κ2) is 15.0. The van der Waals surface area contributed by atoms with Crippen molar-refractivity contribution in [3.8, 4) is 0 Å². The van der Waals surface area contributed by atoms with E-state index in [4.69, 9.17) is 0 Å². The summed E-state index contributed by atoms with van der Waals surface area (Å²) in [6.45, 7) is 4.68. The van der Waals surface area contributed by atoms with E-state index in [9.17, 15) is 4.39 Å². The third-order valence-corrected chi connectivity index (χ3v) is 10.3. The molecule has 2 saturated carbocycles. The molecular weight excluding hydrogens is 499 g/mol. The summed E-state index contributed by atoms with van der Waals surface area (Å²) in [4.78, 5) is 0. The fourth-order valence-corrected chi connectivity index (χ4v) is 7.66. The first-order valence-corrected chi connectivity index (χ1v) is 16.7. The zero-order chi connectivity index (χ0) is 28.4. The predicted molar refractivity (Wildman–Crippen MR) is 175 cm³/mol. The zero-order valence-electron chi connectivity index (χ0n) is 25.5. The lowest BCUT2D eigenvalue weighted by Gasteiger charge is -2.30. The Bertz CT molecular complexity index is 1210. The normalized spacial score (nSPS) is 24.0. The topological polar surface area (TPSA) is 0 Å². The molecule has 1 unspecified atom stereocenters. The highest BCUT2D eigenvalue weighted by molar-refractivity contribution is 5.70. The number of halogens is 1. The molecule has 0 amide bonds. The van der Waals surface area contributed by atoms with Crippen molar-refractivity contribution >= 4 is 12.2 Å². The van der Waals surface area contributed by atoms with Crippen LogP contribution in [-0.2, 0) is 6.42 Å². The van der Waals surface area contributed by atoms with Gasteiger partial charge in [0.25, 0.3) is 0 Å². The van der Waals surface area contributed by atoms with Gasteiger partial charge in [-0.2, -0.15) is 0 Å². The summed E-state index contributed by atoms with van der Waals surface area (Å²) in [5.41, 5.74) is 5.90. The van der Waals surface area contributed by atoms with Gasteiger partial charge in [-0.05, 0) is 103 Å². The number of hydrogen-bond acceptors (Lipinski definition) is 0. The first-order valence-electron chi connectivity index (χ1n) is 16.7. The van der Waals surface area contributed by atoms with Gasteiger partial charge in [0.1, 0.15) is 5.82 Å². The molecule has 3 aromatic rings. The van der Waals surface area contributed by atoms with Gasteiger partial charge in [-0.25, -0.2) is 4.39 Å². The van der Waals surface area contributed by atoms with Crippen LogP contribution in [0.3, 0.4) is 0 Å². The molecule has 2 aliphatic rings. The first kappa shape index (κ1) is 29.8. The van der Waals surface area contributed by atoms with Gasteiger partial charge in [0, 0.05) is 5.56 Å². The van der Waals surface area contributed by atoms with Crippen LogP contribution in [0, 0.1) is 23.6 Å². The number of aryl methyl sites for hydroxylation is 1. The standard InChI is InChI=1S/C40H51F/c1-3-7-31-10-12-32(13-11-31)14-15-35-21-27-39(40(41)29-35)26-18-33-16-22-37(23-17-33)38-24-19-34(20-25-38)28-30(2)36-8-5-4-6-9-36/h4-6,8-9,16-18,21-23,26-27,29-32,34,38H,3,7,10-15,19-20,24-25,28H2,1-2H3/b26-18+. The first-order chi connectivity index (χ1) is 20.1. The van der Waals surface area contributed by atoms with Crippen LogP contribution >= 0.6 is 0 Å². The van der Waals surface area contributed by atoms with Crippen molar-refractivity contribution in [1.29, 1.82) is 0 Å². The minimum atomic E-state index is -0.0969. The molecule has 2 fully saturated rings. The Kier molecular flexibility index (Phi) is 10.9. The lowest BCUT2D eigenvalue weighted by atomic mass is 9.75. The Morgan fingerprint density at radius 1 is 0.732 bits per heavy atom. The van der Waals surface area contributed by atoms with E-state index in [1.165, 1.54) is 88.2 Å². The van der Waals surface area contributed by atoms with Crippen molar-refractivity contribution in [1.82, 2.24) is 0 Å². The fraction of sp³-hybridized carbons (Fsp3) is 0.500. The van der Waals surface area contributed by atoms with Crippen molar-refractivity contribution in [2.75, 3.05) is 0 Å². The predicted octanol–water partition coefficient (Wildman–Crippen LogP) is 12.0. The second-order valence-corrected chi connectivity index (χ2v) is 13.3. The van der Waals surface area contributed by atoms with Crippen molar-refractivity contribution in [3.63, 3.8) is 0 Å². The molecule has 218 valence electrons. The summed E-state index contributed by atoms with van der Waals surface area (Å²) < 4.78 is 14.9. The van der Waals surface area contributed by atoms with Crippen molar-refractivity contribution < 1.29 is 4.39 Å². The van der Waals surface area contributed by atoms with Crippen LogP contribution in [0.2, 0.25) is 0 Å². The molecule has 0 bridgehead atoms. The molecule has 0 aromatic heterocycles. The Morgan fingerprint density at radius 2 is 1.39 bits per heavy atom. The van der Waals surface area contributed by atoms with Crippen LogP contribution in [-0.4, -0.2) is 0 Å². The number of hydrogen-bond donors (Lipinski definition) is 0. The number of benzene rings is 3. The summed E-state index contributed by atoms with van der Waals surface area (Å²) in [5, 5.41) is 0. The lowest BCUT2D eigenvalue weighted by molar-refractivity contribution is 0.252. The van der Waals surface area contributed by atoms with Gasteiger partial charge in [0.05, 0.1) is 0 Å². The highest BCUT2D eigenvalue weighted by Crippen LogP contribution is 2.40. The lowest BCUT2D eigenvalue weighted by Crippen LogP contribution is -2.15. The van der Waals surface area contributed by atoms with Gasteiger partial charge in [0.15, 0.2) is 0 Å². The molecule has 41 heavy (non-hydrogen) atoms. The molecule has 3 aromatic carbocycles. The highest BCUT2D eigenvalue weighted by Gasteiger charge is 2.24. The third kappa shape index (κ3) is 8.67. The SMILES string of the molecule is CCCC1CCC(CCc2ccc(/C=C/c3ccc(C4CCC(CC(C)c5ccccc5)CC4)cc3)c(F)c2)CC1. The zero-order valence-corrected chi connectivity index (χ0v) is 25.5. The van der Waals surface area contributed by atoms with Gasteiger partial charge in [-0.3, -0.25) is 0 Å². The second-order valence-electron chi connectivity index (χ2n) is 13.3.